The molecule has 18 heavy (non-hydrogen) atoms. The second-order valence-corrected chi connectivity index (χ2v) is 5.59. The molecule has 0 aromatic carbocycles. The van der Waals surface area contributed by atoms with Crippen LogP contribution in [0.4, 0.5) is 0 Å². The molecule has 0 bridgehead atoms. The van der Waals surface area contributed by atoms with Gasteiger partial charge in [-0.2, -0.15) is 0 Å². The highest BCUT2D eigenvalue weighted by molar-refractivity contribution is 5.77. The molecule has 2 N–H and O–H groups in total. The first-order valence-corrected chi connectivity index (χ1v) is 7.70. The predicted molar refractivity (Wildman–Crippen MR) is 76.2 cm³/mol. The van der Waals surface area contributed by atoms with Gasteiger partial charge < -0.3 is 10.6 Å². The molecule has 3 heteroatoms. The van der Waals surface area contributed by atoms with E-state index < -0.39 is 0 Å². The fourth-order valence-electron chi connectivity index (χ4n) is 3.06. The Hall–Kier alpha value is -0.570. The van der Waals surface area contributed by atoms with Gasteiger partial charge >= 0.3 is 0 Å². The van der Waals surface area contributed by atoms with Gasteiger partial charge in [-0.1, -0.05) is 27.2 Å². The molecule has 2 aliphatic rings. The second-order valence-electron chi connectivity index (χ2n) is 5.59. The molecule has 0 unspecified atom stereocenters. The minimum absolute atomic E-state index is 0.0964. The smallest absolute Gasteiger partial charge is 0.220 e. The van der Waals surface area contributed by atoms with Crippen molar-refractivity contribution in [1.82, 2.24) is 4.90 Å². The Kier molecular flexibility index (Phi) is 6.69. The van der Waals surface area contributed by atoms with Crippen LogP contribution in [0.25, 0.3) is 0 Å². The summed E-state index contributed by atoms with van der Waals surface area (Å²) in [5.74, 6) is 1.77. The third-order valence-electron chi connectivity index (χ3n) is 4.44. The van der Waals surface area contributed by atoms with E-state index >= 15 is 0 Å². The quantitative estimate of drug-likeness (QED) is 0.838. The highest BCUT2D eigenvalue weighted by atomic mass is 16.1. The van der Waals surface area contributed by atoms with Crippen LogP contribution in [0.2, 0.25) is 0 Å². The summed E-state index contributed by atoms with van der Waals surface area (Å²) >= 11 is 0. The lowest BCUT2D eigenvalue weighted by Crippen LogP contribution is -2.43. The van der Waals surface area contributed by atoms with E-state index in [-0.39, 0.29) is 11.8 Å². The van der Waals surface area contributed by atoms with Crippen LogP contribution in [-0.4, -0.2) is 30.4 Å². The van der Waals surface area contributed by atoms with E-state index in [1.54, 1.807) is 0 Å². The van der Waals surface area contributed by atoms with Gasteiger partial charge in [-0.15, -0.1) is 0 Å². The number of rotatable bonds is 4. The van der Waals surface area contributed by atoms with Crippen molar-refractivity contribution in [2.75, 3.05) is 19.6 Å². The Bertz CT molecular complexity index is 241. The molecule has 0 spiro atoms. The lowest BCUT2D eigenvalue weighted by Gasteiger charge is -2.39. The van der Waals surface area contributed by atoms with Gasteiger partial charge in [0, 0.05) is 12.5 Å². The van der Waals surface area contributed by atoms with Gasteiger partial charge in [-0.05, 0) is 50.6 Å². The van der Waals surface area contributed by atoms with Crippen molar-refractivity contribution in [2.24, 2.45) is 23.5 Å². The number of primary amides is 1. The van der Waals surface area contributed by atoms with Crippen molar-refractivity contribution in [2.45, 2.75) is 52.9 Å². The van der Waals surface area contributed by atoms with Crippen molar-refractivity contribution >= 4 is 5.91 Å². The highest BCUT2D eigenvalue weighted by Crippen LogP contribution is 2.34. The first-order chi connectivity index (χ1) is 8.69. The molecule has 0 aromatic rings. The number of carbonyl (C=O) groups excluding carboxylic acids is 1. The molecule has 2 rings (SSSR count). The normalized spacial score (nSPS) is 29.1. The standard InChI is InChI=1S/C13H24N2O.C2H6/c1-2-10-3-5-15(6-4-10)9-11-7-12(8-11)13(14)16;1-2/h10-12H,2-9H2,1H3,(H2,14,16);1-2H3. The van der Waals surface area contributed by atoms with Crippen LogP contribution in [-0.2, 0) is 4.79 Å². The van der Waals surface area contributed by atoms with E-state index in [4.69, 9.17) is 5.73 Å². The Labute approximate surface area is 112 Å². The van der Waals surface area contributed by atoms with E-state index in [2.05, 4.69) is 11.8 Å². The Morgan fingerprint density at radius 3 is 2.17 bits per heavy atom. The van der Waals surface area contributed by atoms with Crippen LogP contribution in [0.1, 0.15) is 52.9 Å². The van der Waals surface area contributed by atoms with Crippen LogP contribution in [0, 0.1) is 17.8 Å². The number of hydrogen-bond acceptors (Lipinski definition) is 2. The number of hydrogen-bond donors (Lipinski definition) is 1. The molecule has 1 amide bonds. The minimum Gasteiger partial charge on any atom is -0.369 e. The van der Waals surface area contributed by atoms with Crippen LogP contribution in [0.3, 0.4) is 0 Å². The number of nitrogens with two attached hydrogens (primary N) is 1. The van der Waals surface area contributed by atoms with E-state index in [1.165, 1.54) is 38.9 Å². The van der Waals surface area contributed by atoms with E-state index in [1.807, 2.05) is 13.8 Å². The molecule has 2 fully saturated rings. The molecule has 1 aliphatic heterocycles. The Morgan fingerprint density at radius 2 is 1.72 bits per heavy atom. The fourth-order valence-corrected chi connectivity index (χ4v) is 3.06. The average Bonchev–Trinajstić information content (AvgIpc) is 2.36. The van der Waals surface area contributed by atoms with Crippen molar-refractivity contribution < 1.29 is 4.79 Å². The predicted octanol–water partition coefficient (Wildman–Crippen LogP) is 2.65. The lowest BCUT2D eigenvalue weighted by molar-refractivity contribution is -0.126. The van der Waals surface area contributed by atoms with Gasteiger partial charge in [0.25, 0.3) is 0 Å². The summed E-state index contributed by atoms with van der Waals surface area (Å²) < 4.78 is 0. The SMILES string of the molecule is CC.CCC1CCN(CC2CC(C(N)=O)C2)CC1. The summed E-state index contributed by atoms with van der Waals surface area (Å²) in [6.07, 6.45) is 6.12. The monoisotopic (exact) mass is 254 g/mol. The largest absolute Gasteiger partial charge is 0.369 e. The number of piperidine rings is 1. The zero-order chi connectivity index (χ0) is 13.5. The van der Waals surface area contributed by atoms with Crippen LogP contribution >= 0.6 is 0 Å². The molecule has 106 valence electrons. The molecular formula is C15H30N2O. The van der Waals surface area contributed by atoms with Gasteiger partial charge in [0.15, 0.2) is 0 Å². The molecule has 3 nitrogen and oxygen atoms in total. The van der Waals surface area contributed by atoms with Gasteiger partial charge in [-0.25, -0.2) is 0 Å². The van der Waals surface area contributed by atoms with E-state index in [9.17, 15) is 4.79 Å². The minimum atomic E-state index is -0.0964. The summed E-state index contributed by atoms with van der Waals surface area (Å²) in [7, 11) is 0. The Balaban J connectivity index is 0.000000771. The van der Waals surface area contributed by atoms with Gasteiger partial charge in [-0.3, -0.25) is 4.79 Å². The molecule has 0 aromatic heterocycles. The number of amides is 1. The molecule has 0 atom stereocenters. The van der Waals surface area contributed by atoms with Crippen molar-refractivity contribution in [3.05, 3.63) is 0 Å². The van der Waals surface area contributed by atoms with Gasteiger partial charge in [0.05, 0.1) is 0 Å². The fraction of sp³-hybridized carbons (Fsp3) is 0.933. The lowest BCUT2D eigenvalue weighted by atomic mass is 9.74. The first-order valence-electron chi connectivity index (χ1n) is 7.70. The van der Waals surface area contributed by atoms with E-state index in [0.717, 1.165) is 24.7 Å². The number of likely N-dealkylation sites (tertiary alicyclic amines) is 1. The molecular weight excluding hydrogens is 224 g/mol. The third-order valence-corrected chi connectivity index (χ3v) is 4.44. The topological polar surface area (TPSA) is 46.3 Å². The van der Waals surface area contributed by atoms with E-state index in [0.29, 0.717) is 0 Å². The van der Waals surface area contributed by atoms with Crippen LogP contribution < -0.4 is 5.73 Å². The third kappa shape index (κ3) is 4.27. The average molecular weight is 254 g/mol. The number of nitrogens with zero attached hydrogens (tertiary/aromatic N) is 1. The zero-order valence-electron chi connectivity index (χ0n) is 12.3. The number of carbonyl (C=O) groups is 1. The highest BCUT2D eigenvalue weighted by Gasteiger charge is 2.34. The maximum absolute atomic E-state index is 10.9. The van der Waals surface area contributed by atoms with Crippen LogP contribution in [0.15, 0.2) is 0 Å². The van der Waals surface area contributed by atoms with Gasteiger partial charge in [0.2, 0.25) is 5.91 Å². The Morgan fingerprint density at radius 1 is 1.17 bits per heavy atom. The maximum atomic E-state index is 10.9. The summed E-state index contributed by atoms with van der Waals surface area (Å²) in [5.41, 5.74) is 5.28. The molecule has 1 heterocycles. The first kappa shape index (κ1) is 15.5. The van der Waals surface area contributed by atoms with Crippen molar-refractivity contribution in [3.8, 4) is 0 Å². The molecule has 1 saturated heterocycles. The van der Waals surface area contributed by atoms with Crippen molar-refractivity contribution in [3.63, 3.8) is 0 Å². The maximum Gasteiger partial charge on any atom is 0.220 e. The molecule has 1 saturated carbocycles. The summed E-state index contributed by atoms with van der Waals surface area (Å²) in [6, 6.07) is 0. The van der Waals surface area contributed by atoms with Gasteiger partial charge in [0.1, 0.15) is 0 Å². The zero-order valence-corrected chi connectivity index (χ0v) is 12.3. The van der Waals surface area contributed by atoms with Crippen molar-refractivity contribution in [1.29, 1.82) is 0 Å². The molecule has 1 aliphatic carbocycles. The summed E-state index contributed by atoms with van der Waals surface area (Å²) in [6.45, 7) is 10.0. The molecule has 0 radical (unpaired) electrons. The summed E-state index contributed by atoms with van der Waals surface area (Å²) in [4.78, 5) is 13.5. The second kappa shape index (κ2) is 7.78. The van der Waals surface area contributed by atoms with Crippen LogP contribution in [0.5, 0.6) is 0 Å². The summed E-state index contributed by atoms with van der Waals surface area (Å²) in [5, 5.41) is 0.